The highest BCUT2D eigenvalue weighted by Gasteiger charge is 2.27. The second-order valence-electron chi connectivity index (χ2n) is 4.55. The summed E-state index contributed by atoms with van der Waals surface area (Å²) < 4.78 is 19.5. The highest BCUT2D eigenvalue weighted by molar-refractivity contribution is 9.11. The Morgan fingerprint density at radius 1 is 1.30 bits per heavy atom. The van der Waals surface area contributed by atoms with Crippen LogP contribution < -0.4 is 5.30 Å². The van der Waals surface area contributed by atoms with Gasteiger partial charge >= 0.3 is 0 Å². The van der Waals surface area contributed by atoms with Crippen molar-refractivity contribution in [2.24, 2.45) is 0 Å². The van der Waals surface area contributed by atoms with Gasteiger partial charge in [0.2, 0.25) is 0 Å². The summed E-state index contributed by atoms with van der Waals surface area (Å²) in [7, 11) is -3.09. The molecule has 0 saturated heterocycles. The molecule has 0 aliphatic carbocycles. The molecular weight excluding hydrogens is 335 g/mol. The Kier molecular flexibility index (Phi) is 6.67. The molecule has 2 nitrogen and oxygen atoms in total. The summed E-state index contributed by atoms with van der Waals surface area (Å²) in [6, 6.07) is 9.21. The molecule has 1 aromatic carbocycles. The molecule has 0 bridgehead atoms. The standard InChI is InChI=1S/C16H20BrO2P/c1-5-19-20(18,16-9-7-6-8-10-16)14(4)12-15(17)11-13(2)3/h6-12H,4-5H2,1-3H3/b15-12+. The number of rotatable bonds is 6. The Morgan fingerprint density at radius 3 is 2.40 bits per heavy atom. The summed E-state index contributed by atoms with van der Waals surface area (Å²) in [5.74, 6) is 0. The van der Waals surface area contributed by atoms with E-state index in [1.54, 1.807) is 6.08 Å². The average molecular weight is 355 g/mol. The van der Waals surface area contributed by atoms with Crippen molar-refractivity contribution in [3.05, 3.63) is 64.4 Å². The highest BCUT2D eigenvalue weighted by atomic mass is 79.9. The molecule has 0 aliphatic rings. The van der Waals surface area contributed by atoms with Gasteiger partial charge in [-0.15, -0.1) is 0 Å². The lowest BCUT2D eigenvalue weighted by molar-refractivity contribution is 0.346. The summed E-state index contributed by atoms with van der Waals surface area (Å²) in [5.41, 5.74) is 1.15. The van der Waals surface area contributed by atoms with Gasteiger partial charge < -0.3 is 4.52 Å². The minimum Gasteiger partial charge on any atom is -0.322 e. The number of hydrogen-bond acceptors (Lipinski definition) is 2. The van der Waals surface area contributed by atoms with E-state index in [-0.39, 0.29) is 0 Å². The normalized spacial score (nSPS) is 14.5. The van der Waals surface area contributed by atoms with E-state index in [1.807, 2.05) is 57.2 Å². The zero-order chi connectivity index (χ0) is 15.2. The summed E-state index contributed by atoms with van der Waals surface area (Å²) in [4.78, 5) is 0. The van der Waals surface area contributed by atoms with Gasteiger partial charge in [0.1, 0.15) is 0 Å². The topological polar surface area (TPSA) is 26.3 Å². The molecule has 0 amide bonds. The first-order valence-corrected chi connectivity index (χ1v) is 8.83. The number of benzene rings is 1. The molecule has 1 unspecified atom stereocenters. The summed E-state index contributed by atoms with van der Waals surface area (Å²) in [6.07, 6.45) is 3.71. The van der Waals surface area contributed by atoms with Gasteiger partial charge in [0.15, 0.2) is 0 Å². The van der Waals surface area contributed by atoms with Crippen molar-refractivity contribution in [3.63, 3.8) is 0 Å². The maximum Gasteiger partial charge on any atom is 0.260 e. The van der Waals surface area contributed by atoms with E-state index in [4.69, 9.17) is 4.52 Å². The van der Waals surface area contributed by atoms with Gasteiger partial charge in [-0.1, -0.05) is 46.3 Å². The second-order valence-corrected chi connectivity index (χ2v) is 7.91. The number of hydrogen-bond donors (Lipinski definition) is 0. The van der Waals surface area contributed by atoms with Crippen LogP contribution in [0.4, 0.5) is 0 Å². The van der Waals surface area contributed by atoms with E-state index < -0.39 is 7.37 Å². The first-order valence-electron chi connectivity index (χ1n) is 6.42. The molecular formula is C16H20BrO2P. The Morgan fingerprint density at radius 2 is 1.90 bits per heavy atom. The van der Waals surface area contributed by atoms with Gasteiger partial charge in [-0.05, 0) is 45.1 Å². The second kappa shape index (κ2) is 7.78. The van der Waals surface area contributed by atoms with Crippen LogP contribution in [0.2, 0.25) is 0 Å². The fourth-order valence-corrected chi connectivity index (χ4v) is 4.49. The van der Waals surface area contributed by atoms with Crippen LogP contribution in [0, 0.1) is 0 Å². The Hall–Kier alpha value is -0.890. The van der Waals surface area contributed by atoms with E-state index in [1.165, 1.54) is 0 Å². The molecule has 0 saturated carbocycles. The molecule has 0 spiro atoms. The lowest BCUT2D eigenvalue weighted by atomic mass is 10.3. The largest absolute Gasteiger partial charge is 0.322 e. The molecule has 0 heterocycles. The maximum absolute atomic E-state index is 13.1. The molecule has 1 rings (SSSR count). The number of halogens is 1. The van der Waals surface area contributed by atoms with Crippen LogP contribution in [-0.2, 0) is 9.09 Å². The summed E-state index contributed by atoms with van der Waals surface area (Å²) in [6.45, 7) is 10.1. The van der Waals surface area contributed by atoms with Crippen LogP contribution in [0.1, 0.15) is 20.8 Å². The third kappa shape index (κ3) is 4.59. The fraction of sp³-hybridized carbons (Fsp3) is 0.250. The molecule has 4 heteroatoms. The third-order valence-electron chi connectivity index (χ3n) is 2.52. The molecule has 0 radical (unpaired) electrons. The van der Waals surface area contributed by atoms with Crippen molar-refractivity contribution in [1.82, 2.24) is 0 Å². The SMILES string of the molecule is C=C(/C=C(/Br)C=C(C)C)P(=O)(OCC)c1ccccc1. The van der Waals surface area contributed by atoms with Gasteiger partial charge in [-0.25, -0.2) is 0 Å². The fourth-order valence-electron chi connectivity index (χ4n) is 1.69. The van der Waals surface area contributed by atoms with Crippen LogP contribution in [-0.4, -0.2) is 6.61 Å². The van der Waals surface area contributed by atoms with Crippen LogP contribution >= 0.6 is 23.3 Å². The van der Waals surface area contributed by atoms with Crippen molar-refractivity contribution in [2.45, 2.75) is 20.8 Å². The quantitative estimate of drug-likeness (QED) is 0.506. The van der Waals surface area contributed by atoms with Gasteiger partial charge in [0.25, 0.3) is 7.37 Å². The monoisotopic (exact) mass is 354 g/mol. The van der Waals surface area contributed by atoms with E-state index in [2.05, 4.69) is 22.5 Å². The van der Waals surface area contributed by atoms with Crippen molar-refractivity contribution in [1.29, 1.82) is 0 Å². The predicted octanol–water partition coefficient (Wildman–Crippen LogP) is 5.39. The zero-order valence-electron chi connectivity index (χ0n) is 12.1. The first kappa shape index (κ1) is 17.2. The minimum atomic E-state index is -3.09. The van der Waals surface area contributed by atoms with Crippen molar-refractivity contribution in [2.75, 3.05) is 6.61 Å². The smallest absolute Gasteiger partial charge is 0.260 e. The van der Waals surface area contributed by atoms with Crippen LogP contribution in [0.25, 0.3) is 0 Å². The average Bonchev–Trinajstić information content (AvgIpc) is 2.38. The highest BCUT2D eigenvalue weighted by Crippen LogP contribution is 2.54. The molecule has 1 aromatic rings. The van der Waals surface area contributed by atoms with Crippen molar-refractivity contribution >= 4 is 28.6 Å². The van der Waals surface area contributed by atoms with E-state index in [9.17, 15) is 4.57 Å². The van der Waals surface area contributed by atoms with Crippen LogP contribution in [0.5, 0.6) is 0 Å². The predicted molar refractivity (Wildman–Crippen MR) is 90.9 cm³/mol. The maximum atomic E-state index is 13.1. The van der Waals surface area contributed by atoms with Gasteiger partial charge in [-0.3, -0.25) is 4.57 Å². The molecule has 20 heavy (non-hydrogen) atoms. The van der Waals surface area contributed by atoms with E-state index in [0.29, 0.717) is 17.2 Å². The number of allylic oxidation sites excluding steroid dienone is 5. The molecule has 0 N–H and O–H groups in total. The molecule has 0 aromatic heterocycles. The minimum absolute atomic E-state index is 0.374. The van der Waals surface area contributed by atoms with Crippen LogP contribution in [0.3, 0.4) is 0 Å². The van der Waals surface area contributed by atoms with E-state index in [0.717, 1.165) is 10.1 Å². The Balaban J connectivity index is 3.18. The van der Waals surface area contributed by atoms with Crippen molar-refractivity contribution in [3.8, 4) is 0 Å². The summed E-state index contributed by atoms with van der Waals surface area (Å²) in [5, 5.41) is 1.15. The Labute approximate surface area is 129 Å². The van der Waals surface area contributed by atoms with Crippen LogP contribution in [0.15, 0.2) is 64.4 Å². The first-order chi connectivity index (χ1) is 9.40. The lowest BCUT2D eigenvalue weighted by Gasteiger charge is -2.18. The Bertz CT molecular complexity index is 569. The molecule has 1 atom stereocenters. The zero-order valence-corrected chi connectivity index (χ0v) is 14.6. The molecule has 0 aliphatic heterocycles. The molecule has 108 valence electrons. The van der Waals surface area contributed by atoms with Gasteiger partial charge in [-0.2, -0.15) is 0 Å². The van der Waals surface area contributed by atoms with Crippen molar-refractivity contribution < 1.29 is 9.09 Å². The van der Waals surface area contributed by atoms with Gasteiger partial charge in [0.05, 0.1) is 6.61 Å². The third-order valence-corrected chi connectivity index (χ3v) is 5.46. The molecule has 0 fully saturated rings. The van der Waals surface area contributed by atoms with Gasteiger partial charge in [0, 0.05) is 15.1 Å². The van der Waals surface area contributed by atoms with E-state index >= 15 is 0 Å². The lowest BCUT2D eigenvalue weighted by Crippen LogP contribution is -2.08. The summed E-state index contributed by atoms with van der Waals surface area (Å²) >= 11 is 3.44.